The molecule has 2 aliphatic rings. The van der Waals surface area contributed by atoms with E-state index >= 15 is 0 Å². The summed E-state index contributed by atoms with van der Waals surface area (Å²) < 4.78 is 3.75. The standard InChI is InChI=1S/C14H15N3S2/c1-16-5-10-7-17(8-11(10)6-16)19-12-2-3-13-14(4-12)18-9-15-13/h2-4,9H,5-8H2,1H3. The molecule has 0 saturated heterocycles. The molecule has 0 fully saturated rings. The molecule has 5 heteroatoms. The smallest absolute Gasteiger partial charge is 0.0812 e. The molecule has 3 heterocycles. The lowest BCUT2D eigenvalue weighted by molar-refractivity contribution is 0.399. The van der Waals surface area contributed by atoms with Crippen LogP contribution in [0.25, 0.3) is 10.2 Å². The van der Waals surface area contributed by atoms with Gasteiger partial charge >= 0.3 is 0 Å². The summed E-state index contributed by atoms with van der Waals surface area (Å²) in [7, 11) is 2.20. The molecule has 98 valence electrons. The first-order valence-corrected chi connectivity index (χ1v) is 8.08. The van der Waals surface area contributed by atoms with Crippen LogP contribution in [0.3, 0.4) is 0 Å². The topological polar surface area (TPSA) is 19.4 Å². The molecule has 1 aromatic heterocycles. The van der Waals surface area contributed by atoms with Crippen LogP contribution in [-0.2, 0) is 0 Å². The number of hydrogen-bond acceptors (Lipinski definition) is 5. The Hall–Kier alpha value is -0.880. The average Bonchev–Trinajstić information content (AvgIpc) is 3.02. The highest BCUT2D eigenvalue weighted by atomic mass is 32.2. The molecule has 0 radical (unpaired) electrons. The van der Waals surface area contributed by atoms with E-state index in [4.69, 9.17) is 0 Å². The Morgan fingerprint density at radius 1 is 1.16 bits per heavy atom. The van der Waals surface area contributed by atoms with Crippen LogP contribution in [-0.4, -0.2) is 47.4 Å². The maximum atomic E-state index is 4.33. The number of thiazole rings is 1. The maximum absolute atomic E-state index is 4.33. The molecule has 1 aromatic carbocycles. The molecule has 2 aliphatic heterocycles. The minimum Gasteiger partial charge on any atom is -0.298 e. The molecule has 0 bridgehead atoms. The van der Waals surface area contributed by atoms with E-state index in [-0.39, 0.29) is 0 Å². The zero-order chi connectivity index (χ0) is 12.8. The van der Waals surface area contributed by atoms with Gasteiger partial charge in [0.05, 0.1) is 15.7 Å². The van der Waals surface area contributed by atoms with Crippen molar-refractivity contribution in [3.63, 3.8) is 0 Å². The summed E-state index contributed by atoms with van der Waals surface area (Å²) in [5, 5.41) is 0. The number of aromatic nitrogens is 1. The Bertz CT molecular complexity index is 644. The van der Waals surface area contributed by atoms with Crippen LogP contribution in [0.1, 0.15) is 0 Å². The van der Waals surface area contributed by atoms with Crippen LogP contribution < -0.4 is 0 Å². The number of hydrogen-bond donors (Lipinski definition) is 0. The van der Waals surface area contributed by atoms with E-state index in [0.29, 0.717) is 0 Å². The molecule has 0 aliphatic carbocycles. The molecular weight excluding hydrogens is 274 g/mol. The van der Waals surface area contributed by atoms with Crippen LogP contribution in [0.4, 0.5) is 0 Å². The molecular formula is C14H15N3S2. The van der Waals surface area contributed by atoms with Gasteiger partial charge in [0.25, 0.3) is 0 Å². The van der Waals surface area contributed by atoms with Gasteiger partial charge in [-0.05, 0) is 48.3 Å². The molecule has 2 aromatic rings. The van der Waals surface area contributed by atoms with Gasteiger partial charge in [-0.1, -0.05) is 0 Å². The van der Waals surface area contributed by atoms with Gasteiger partial charge in [0, 0.05) is 31.1 Å². The third-order valence-corrected chi connectivity index (χ3v) is 5.47. The first-order chi connectivity index (χ1) is 9.28. The largest absolute Gasteiger partial charge is 0.298 e. The minimum absolute atomic E-state index is 1.11. The van der Waals surface area contributed by atoms with Crippen molar-refractivity contribution in [2.75, 3.05) is 33.2 Å². The van der Waals surface area contributed by atoms with Crippen molar-refractivity contribution < 1.29 is 0 Å². The van der Waals surface area contributed by atoms with Crippen LogP contribution in [0.15, 0.2) is 39.8 Å². The summed E-state index contributed by atoms with van der Waals surface area (Å²) in [5.41, 5.74) is 6.29. The summed E-state index contributed by atoms with van der Waals surface area (Å²) >= 11 is 3.60. The Morgan fingerprint density at radius 3 is 2.74 bits per heavy atom. The van der Waals surface area contributed by atoms with Crippen LogP contribution in [0, 0.1) is 0 Å². The highest BCUT2D eigenvalue weighted by molar-refractivity contribution is 7.97. The Kier molecular flexibility index (Phi) is 2.88. The predicted molar refractivity (Wildman–Crippen MR) is 81.6 cm³/mol. The second kappa shape index (κ2) is 4.59. The fourth-order valence-electron chi connectivity index (χ4n) is 2.84. The van der Waals surface area contributed by atoms with E-state index in [0.717, 1.165) is 31.7 Å². The van der Waals surface area contributed by atoms with Crippen molar-refractivity contribution in [3.05, 3.63) is 34.9 Å². The van der Waals surface area contributed by atoms with E-state index in [1.165, 1.54) is 9.60 Å². The number of rotatable bonds is 2. The zero-order valence-corrected chi connectivity index (χ0v) is 12.4. The molecule has 0 N–H and O–H groups in total. The van der Waals surface area contributed by atoms with E-state index in [1.54, 1.807) is 22.5 Å². The first-order valence-electron chi connectivity index (χ1n) is 6.42. The molecule has 19 heavy (non-hydrogen) atoms. The van der Waals surface area contributed by atoms with Crippen molar-refractivity contribution in [3.8, 4) is 0 Å². The van der Waals surface area contributed by atoms with Crippen molar-refractivity contribution in [2.24, 2.45) is 0 Å². The monoisotopic (exact) mass is 289 g/mol. The zero-order valence-electron chi connectivity index (χ0n) is 10.8. The number of benzene rings is 1. The lowest BCUT2D eigenvalue weighted by Gasteiger charge is -2.19. The van der Waals surface area contributed by atoms with Gasteiger partial charge < -0.3 is 0 Å². The van der Waals surface area contributed by atoms with Crippen molar-refractivity contribution >= 4 is 33.5 Å². The fourth-order valence-corrected chi connectivity index (χ4v) is 4.67. The Labute approximate surface area is 121 Å². The van der Waals surface area contributed by atoms with E-state index in [1.807, 2.05) is 17.5 Å². The van der Waals surface area contributed by atoms with Gasteiger partial charge in [-0.2, -0.15) is 0 Å². The van der Waals surface area contributed by atoms with Gasteiger partial charge in [0.1, 0.15) is 0 Å². The van der Waals surface area contributed by atoms with Crippen molar-refractivity contribution in [2.45, 2.75) is 4.90 Å². The lowest BCUT2D eigenvalue weighted by atomic mass is 10.2. The van der Waals surface area contributed by atoms with E-state index < -0.39 is 0 Å². The lowest BCUT2D eigenvalue weighted by Crippen LogP contribution is -2.23. The van der Waals surface area contributed by atoms with Crippen LogP contribution >= 0.6 is 23.3 Å². The van der Waals surface area contributed by atoms with Gasteiger partial charge in [0.15, 0.2) is 0 Å². The van der Waals surface area contributed by atoms with Crippen LogP contribution in [0.2, 0.25) is 0 Å². The molecule has 3 nitrogen and oxygen atoms in total. The summed E-state index contributed by atoms with van der Waals surface area (Å²) in [4.78, 5) is 8.05. The Balaban J connectivity index is 1.48. The third kappa shape index (κ3) is 2.21. The number of fused-ring (bicyclic) bond motifs is 1. The normalized spacial score (nSPS) is 20.7. The van der Waals surface area contributed by atoms with Crippen LogP contribution in [0.5, 0.6) is 0 Å². The average molecular weight is 289 g/mol. The van der Waals surface area contributed by atoms with E-state index in [9.17, 15) is 0 Å². The molecule has 4 rings (SSSR count). The Morgan fingerprint density at radius 2 is 1.95 bits per heavy atom. The third-order valence-electron chi connectivity index (χ3n) is 3.69. The highest BCUT2D eigenvalue weighted by Crippen LogP contribution is 2.34. The second-order valence-electron chi connectivity index (χ2n) is 5.25. The van der Waals surface area contributed by atoms with Gasteiger partial charge in [0.2, 0.25) is 0 Å². The van der Waals surface area contributed by atoms with E-state index in [2.05, 4.69) is 39.4 Å². The minimum atomic E-state index is 1.11. The quantitative estimate of drug-likeness (QED) is 0.625. The summed E-state index contributed by atoms with van der Waals surface area (Å²) in [5.74, 6) is 0. The molecule has 0 amide bonds. The van der Waals surface area contributed by atoms with Crippen molar-refractivity contribution in [1.29, 1.82) is 0 Å². The fraction of sp³-hybridized carbons (Fsp3) is 0.357. The summed E-state index contributed by atoms with van der Waals surface area (Å²) in [6.45, 7) is 4.54. The predicted octanol–water partition coefficient (Wildman–Crippen LogP) is 2.86. The molecule has 0 spiro atoms. The second-order valence-corrected chi connectivity index (χ2v) is 7.31. The number of likely N-dealkylation sites (N-methyl/N-ethyl adjacent to an activating group) is 1. The van der Waals surface area contributed by atoms with Gasteiger partial charge in [-0.25, -0.2) is 9.29 Å². The molecule has 0 atom stereocenters. The molecule has 0 unspecified atom stereocenters. The van der Waals surface area contributed by atoms with Gasteiger partial charge in [-0.3, -0.25) is 4.90 Å². The summed E-state index contributed by atoms with van der Waals surface area (Å²) in [6.07, 6.45) is 0. The van der Waals surface area contributed by atoms with Gasteiger partial charge in [-0.15, -0.1) is 11.3 Å². The van der Waals surface area contributed by atoms with Crippen molar-refractivity contribution in [1.82, 2.24) is 14.2 Å². The maximum Gasteiger partial charge on any atom is 0.0812 e. The first kappa shape index (κ1) is 11.9. The number of nitrogens with zero attached hydrogens (tertiary/aromatic N) is 3. The highest BCUT2D eigenvalue weighted by Gasteiger charge is 2.28. The SMILES string of the molecule is CN1CC2=C(C1)CN(Sc1ccc3ncsc3c1)C2. The molecule has 0 saturated carbocycles. The summed E-state index contributed by atoms with van der Waals surface area (Å²) in [6, 6.07) is 6.56.